The van der Waals surface area contributed by atoms with Crippen LogP contribution in [-0.2, 0) is 10.0 Å². The minimum absolute atomic E-state index is 0.0764. The van der Waals surface area contributed by atoms with Gasteiger partial charge in [0.15, 0.2) is 0 Å². The van der Waals surface area contributed by atoms with Gasteiger partial charge in [0.2, 0.25) is 10.0 Å². The molecule has 0 spiro atoms. The maximum absolute atomic E-state index is 13.8. The summed E-state index contributed by atoms with van der Waals surface area (Å²) in [6.45, 7) is 0. The lowest BCUT2D eigenvalue weighted by atomic mass is 10.2. The van der Waals surface area contributed by atoms with Gasteiger partial charge in [-0.15, -0.1) is 0 Å². The Morgan fingerprint density at radius 3 is 2.80 bits per heavy atom. The van der Waals surface area contributed by atoms with Crippen LogP contribution in [-0.4, -0.2) is 42.3 Å². The molecule has 0 saturated carbocycles. The Hall–Kier alpha value is -0.700. The van der Waals surface area contributed by atoms with Crippen molar-refractivity contribution in [3.8, 4) is 0 Å². The van der Waals surface area contributed by atoms with Gasteiger partial charge in [0, 0.05) is 18.8 Å². The van der Waals surface area contributed by atoms with Gasteiger partial charge in [0.05, 0.1) is 10.5 Å². The van der Waals surface area contributed by atoms with Crippen LogP contribution in [0.5, 0.6) is 0 Å². The van der Waals surface area contributed by atoms with Crippen molar-refractivity contribution in [2.75, 3.05) is 18.6 Å². The molecule has 0 radical (unpaired) electrons. The fourth-order valence-electron chi connectivity index (χ4n) is 2.12. The summed E-state index contributed by atoms with van der Waals surface area (Å²) in [6.07, 6.45) is 0.790. The molecule has 1 unspecified atom stereocenters. The van der Waals surface area contributed by atoms with Gasteiger partial charge in [0.25, 0.3) is 0 Å². The second kappa shape index (κ2) is 5.97. The number of benzene rings is 1. The summed E-state index contributed by atoms with van der Waals surface area (Å²) >= 11 is 6.48. The molecule has 0 bridgehead atoms. The van der Waals surface area contributed by atoms with E-state index < -0.39 is 15.8 Å². The first-order chi connectivity index (χ1) is 9.35. The van der Waals surface area contributed by atoms with Crippen LogP contribution in [0.4, 0.5) is 4.39 Å². The highest BCUT2D eigenvalue weighted by Crippen LogP contribution is 2.28. The van der Waals surface area contributed by atoms with E-state index in [-0.39, 0.29) is 21.5 Å². The van der Waals surface area contributed by atoms with Crippen molar-refractivity contribution in [1.82, 2.24) is 4.31 Å². The van der Waals surface area contributed by atoms with E-state index in [2.05, 4.69) is 0 Å². The number of nitrogens with zero attached hydrogens (tertiary/aromatic N) is 1. The molecular weight excluding hydrogens is 319 g/mol. The molecule has 1 aliphatic rings. The Labute approximate surface area is 127 Å². The maximum Gasteiger partial charge on any atom is 0.243 e. The molecule has 8 heteroatoms. The van der Waals surface area contributed by atoms with Crippen molar-refractivity contribution >= 4 is 39.0 Å². The van der Waals surface area contributed by atoms with E-state index in [9.17, 15) is 12.8 Å². The zero-order valence-corrected chi connectivity index (χ0v) is 13.3. The van der Waals surface area contributed by atoms with Gasteiger partial charge in [-0.3, -0.25) is 0 Å². The Bertz CT molecular complexity index is 628. The maximum atomic E-state index is 13.8. The third-order valence-electron chi connectivity index (χ3n) is 3.30. The van der Waals surface area contributed by atoms with Gasteiger partial charge < -0.3 is 5.73 Å². The first-order valence-electron chi connectivity index (χ1n) is 6.00. The smallest absolute Gasteiger partial charge is 0.243 e. The van der Waals surface area contributed by atoms with E-state index in [1.165, 1.54) is 23.5 Å². The average Bonchev–Trinajstić information content (AvgIpc) is 2.90. The predicted molar refractivity (Wildman–Crippen MR) is 83.0 cm³/mol. The van der Waals surface area contributed by atoms with Crippen molar-refractivity contribution in [2.24, 2.45) is 5.73 Å². The number of thiocarbonyl (C=S) groups is 1. The highest BCUT2D eigenvalue weighted by molar-refractivity contribution is 7.99. The van der Waals surface area contributed by atoms with Gasteiger partial charge in [-0.05, 0) is 24.3 Å². The minimum Gasteiger partial charge on any atom is -0.389 e. The van der Waals surface area contributed by atoms with Gasteiger partial charge in [-0.2, -0.15) is 16.1 Å². The number of hydrogen-bond donors (Lipinski definition) is 1. The molecule has 0 aliphatic carbocycles. The lowest BCUT2D eigenvalue weighted by Gasteiger charge is -2.24. The van der Waals surface area contributed by atoms with E-state index >= 15 is 0 Å². The molecule has 2 N–H and O–H groups in total. The van der Waals surface area contributed by atoms with Crippen LogP contribution in [0.1, 0.15) is 12.0 Å². The molecule has 110 valence electrons. The topological polar surface area (TPSA) is 63.4 Å². The van der Waals surface area contributed by atoms with Gasteiger partial charge in [0.1, 0.15) is 10.8 Å². The fourth-order valence-corrected chi connectivity index (χ4v) is 5.35. The second-order valence-electron chi connectivity index (χ2n) is 4.52. The van der Waals surface area contributed by atoms with E-state index in [1.807, 2.05) is 0 Å². The normalized spacial score (nSPS) is 19.4. The molecule has 1 heterocycles. The molecule has 4 nitrogen and oxygen atoms in total. The minimum atomic E-state index is -3.81. The molecule has 1 saturated heterocycles. The van der Waals surface area contributed by atoms with E-state index in [0.717, 1.165) is 24.0 Å². The summed E-state index contributed by atoms with van der Waals surface area (Å²) in [5, 5.41) is 0. The van der Waals surface area contributed by atoms with Crippen LogP contribution < -0.4 is 5.73 Å². The molecule has 0 amide bonds. The number of halogens is 1. The lowest BCUT2D eigenvalue weighted by Crippen LogP contribution is -2.38. The second-order valence-corrected chi connectivity index (χ2v) is 8.07. The third kappa shape index (κ3) is 2.83. The summed E-state index contributed by atoms with van der Waals surface area (Å²) in [5.74, 6) is 0.955. The summed E-state index contributed by atoms with van der Waals surface area (Å²) < 4.78 is 40.4. The summed E-state index contributed by atoms with van der Waals surface area (Å²) in [4.78, 5) is -0.416. The Morgan fingerprint density at radius 1 is 1.55 bits per heavy atom. The summed E-state index contributed by atoms with van der Waals surface area (Å²) in [5.41, 5.74) is 5.26. The molecular formula is C12H15FN2O2S3. The zero-order chi connectivity index (χ0) is 14.9. The fraction of sp³-hybridized carbons (Fsp3) is 0.417. The van der Waals surface area contributed by atoms with Crippen LogP contribution in [0.25, 0.3) is 0 Å². The highest BCUT2D eigenvalue weighted by atomic mass is 32.2. The third-order valence-corrected chi connectivity index (χ3v) is 6.60. The quantitative estimate of drug-likeness (QED) is 0.847. The molecule has 1 atom stereocenters. The number of rotatable bonds is 4. The van der Waals surface area contributed by atoms with Crippen molar-refractivity contribution in [2.45, 2.75) is 17.4 Å². The summed E-state index contributed by atoms with van der Waals surface area (Å²) in [7, 11) is -2.29. The van der Waals surface area contributed by atoms with Crippen molar-refractivity contribution in [1.29, 1.82) is 0 Å². The van der Waals surface area contributed by atoms with Crippen LogP contribution >= 0.6 is 24.0 Å². The van der Waals surface area contributed by atoms with Gasteiger partial charge in [-0.1, -0.05) is 18.3 Å². The van der Waals surface area contributed by atoms with E-state index in [1.54, 1.807) is 11.8 Å². The molecule has 1 aliphatic heterocycles. The van der Waals surface area contributed by atoms with E-state index in [0.29, 0.717) is 0 Å². The summed E-state index contributed by atoms with van der Waals surface area (Å²) in [6, 6.07) is 3.76. The monoisotopic (exact) mass is 334 g/mol. The van der Waals surface area contributed by atoms with Crippen molar-refractivity contribution < 1.29 is 12.8 Å². The molecule has 2 rings (SSSR count). The van der Waals surface area contributed by atoms with Gasteiger partial charge >= 0.3 is 0 Å². The first kappa shape index (κ1) is 15.7. The predicted octanol–water partition coefficient (Wildman–Crippen LogP) is 1.59. The molecule has 0 aromatic heterocycles. The molecule has 20 heavy (non-hydrogen) atoms. The lowest BCUT2D eigenvalue weighted by molar-refractivity contribution is 0.394. The first-order valence-corrected chi connectivity index (χ1v) is 9.00. The van der Waals surface area contributed by atoms with Crippen molar-refractivity contribution in [3.63, 3.8) is 0 Å². The molecule has 1 aromatic carbocycles. The Morgan fingerprint density at radius 2 is 2.25 bits per heavy atom. The standard InChI is InChI=1S/C12H15FN2O2S3/c1-15(8-5-6-19-7-8)20(16,17)10-4-2-3-9(13)11(10)12(14)18/h2-4,8H,5-7H2,1H3,(H2,14,18). The molecule has 1 fully saturated rings. The van der Waals surface area contributed by atoms with Crippen LogP contribution in [0, 0.1) is 5.82 Å². The number of thioether (sulfide) groups is 1. The molecule has 1 aromatic rings. The van der Waals surface area contributed by atoms with Gasteiger partial charge in [-0.25, -0.2) is 12.8 Å². The number of sulfonamides is 1. The average molecular weight is 334 g/mol. The number of nitrogens with two attached hydrogens (primary N) is 1. The Kier molecular flexibility index (Phi) is 4.68. The Balaban J connectivity index is 2.49. The zero-order valence-electron chi connectivity index (χ0n) is 10.9. The number of hydrogen-bond acceptors (Lipinski definition) is 4. The highest BCUT2D eigenvalue weighted by Gasteiger charge is 2.33. The van der Waals surface area contributed by atoms with Crippen LogP contribution in [0.3, 0.4) is 0 Å². The van der Waals surface area contributed by atoms with Crippen LogP contribution in [0.2, 0.25) is 0 Å². The van der Waals surface area contributed by atoms with Crippen LogP contribution in [0.15, 0.2) is 23.1 Å². The van der Waals surface area contributed by atoms with E-state index in [4.69, 9.17) is 18.0 Å². The SMILES string of the molecule is CN(C1CCSC1)S(=O)(=O)c1cccc(F)c1C(N)=S. The largest absolute Gasteiger partial charge is 0.389 e. The van der Waals surface area contributed by atoms with Crippen molar-refractivity contribution in [3.05, 3.63) is 29.6 Å².